The Kier molecular flexibility index (Phi) is 3.45. The van der Waals surface area contributed by atoms with Crippen molar-refractivity contribution in [3.05, 3.63) is 45.6 Å². The highest BCUT2D eigenvalue weighted by Crippen LogP contribution is 2.34. The van der Waals surface area contributed by atoms with Crippen LogP contribution in [0.2, 0.25) is 0 Å². The largest absolute Gasteiger partial charge is 0.289 e. The summed E-state index contributed by atoms with van der Waals surface area (Å²) in [4.78, 5) is 3.21. The van der Waals surface area contributed by atoms with Crippen LogP contribution >= 0.6 is 15.9 Å². The third-order valence-corrected chi connectivity index (χ3v) is 4.35. The van der Waals surface area contributed by atoms with Gasteiger partial charge in [-0.3, -0.25) is 5.73 Å². The zero-order chi connectivity index (χ0) is 14.1. The van der Waals surface area contributed by atoms with Crippen LogP contribution in [0.15, 0.2) is 28.7 Å². The number of H-pyrrole nitrogens is 1. The molecule has 1 aromatic carbocycles. The lowest BCUT2D eigenvalue weighted by Crippen LogP contribution is -2.24. The van der Waals surface area contributed by atoms with Crippen LogP contribution < -0.4 is 10.7 Å². The number of benzene rings is 1. The number of hydrogen-bond acceptors (Lipinski definition) is 2. The van der Waals surface area contributed by atoms with Gasteiger partial charge in [-0.15, -0.1) is 0 Å². The van der Waals surface area contributed by atoms with Gasteiger partial charge < -0.3 is 0 Å². The van der Waals surface area contributed by atoms with E-state index < -0.39 is 0 Å². The minimum atomic E-state index is 0.478. The summed E-state index contributed by atoms with van der Waals surface area (Å²) in [5, 5.41) is 9.46. The van der Waals surface area contributed by atoms with E-state index in [0.717, 1.165) is 28.4 Å². The first-order valence-corrected chi connectivity index (χ1v) is 7.52. The number of hydrogen-bond donors (Lipinski definition) is 1. The van der Waals surface area contributed by atoms with Gasteiger partial charge in [-0.05, 0) is 37.0 Å². The third-order valence-electron chi connectivity index (χ3n) is 3.82. The van der Waals surface area contributed by atoms with Crippen molar-refractivity contribution in [2.45, 2.75) is 25.7 Å². The average molecular weight is 329 g/mol. The topological polar surface area (TPSA) is 64.0 Å². The Balaban J connectivity index is 2.29. The Morgan fingerprint density at radius 1 is 1.15 bits per heavy atom. The maximum Gasteiger partial charge on any atom is 0.289 e. The van der Waals surface area contributed by atoms with E-state index in [1.165, 1.54) is 24.1 Å². The van der Waals surface area contributed by atoms with Crippen LogP contribution in [0.3, 0.4) is 0 Å². The van der Waals surface area contributed by atoms with Crippen LogP contribution in [0.25, 0.3) is 11.1 Å². The fourth-order valence-corrected chi connectivity index (χ4v) is 3.15. The number of anilines is 1. The van der Waals surface area contributed by atoms with Gasteiger partial charge in [0.25, 0.3) is 5.82 Å². The molecule has 2 aromatic rings. The fourth-order valence-electron chi connectivity index (χ4n) is 2.88. The van der Waals surface area contributed by atoms with Crippen LogP contribution in [-0.4, -0.2) is 0 Å². The number of rotatable bonds is 1. The van der Waals surface area contributed by atoms with Crippen LogP contribution in [0.1, 0.15) is 29.7 Å². The first-order chi connectivity index (χ1) is 9.70. The zero-order valence-electron chi connectivity index (χ0n) is 11.0. The monoisotopic (exact) mass is 328 g/mol. The van der Waals surface area contributed by atoms with E-state index in [0.29, 0.717) is 11.4 Å². The Morgan fingerprint density at radius 3 is 2.55 bits per heavy atom. The maximum absolute atomic E-state index is 9.46. The molecule has 20 heavy (non-hydrogen) atoms. The highest BCUT2D eigenvalue weighted by atomic mass is 79.9. The number of nitrogens with zero attached hydrogens (tertiary/aromatic N) is 1. The van der Waals surface area contributed by atoms with E-state index in [1.54, 1.807) is 0 Å². The summed E-state index contributed by atoms with van der Waals surface area (Å²) in [5.74, 6) is 0.478. The highest BCUT2D eigenvalue weighted by molar-refractivity contribution is 9.10. The zero-order valence-corrected chi connectivity index (χ0v) is 12.6. The fraction of sp³-hybridized carbons (Fsp3) is 0.250. The molecule has 0 unspecified atom stereocenters. The molecular weight excluding hydrogens is 314 g/mol. The number of nitrogens with two attached hydrogens (primary N) is 1. The summed E-state index contributed by atoms with van der Waals surface area (Å²) in [6.07, 6.45) is 4.36. The first-order valence-electron chi connectivity index (χ1n) is 6.73. The Morgan fingerprint density at radius 2 is 1.85 bits per heavy atom. The van der Waals surface area contributed by atoms with E-state index in [1.807, 2.05) is 24.3 Å². The van der Waals surface area contributed by atoms with E-state index in [2.05, 4.69) is 27.0 Å². The SMILES string of the molecule is N#Cc1c(N)[nH+]c2c(c1-c1ccc(Br)cc1)CCCC2. The lowest BCUT2D eigenvalue weighted by molar-refractivity contribution is -0.374. The molecule has 0 saturated carbocycles. The minimum Gasteiger partial charge on any atom is -0.286 e. The van der Waals surface area contributed by atoms with Gasteiger partial charge in [0.15, 0.2) is 0 Å². The van der Waals surface area contributed by atoms with E-state index in [4.69, 9.17) is 5.73 Å². The highest BCUT2D eigenvalue weighted by Gasteiger charge is 2.24. The molecule has 0 saturated heterocycles. The summed E-state index contributed by atoms with van der Waals surface area (Å²) in [5.41, 5.74) is 11.1. The number of fused-ring (bicyclic) bond motifs is 1. The molecular formula is C16H15BrN3+. The number of nitrogens with one attached hydrogen (secondary N) is 1. The average Bonchev–Trinajstić information content (AvgIpc) is 2.47. The maximum atomic E-state index is 9.46. The quantitative estimate of drug-likeness (QED) is 0.873. The number of halogens is 1. The number of aromatic amines is 1. The van der Waals surface area contributed by atoms with Crippen molar-refractivity contribution in [1.29, 1.82) is 5.26 Å². The van der Waals surface area contributed by atoms with Crippen molar-refractivity contribution in [2.75, 3.05) is 5.73 Å². The molecule has 0 amide bonds. The first kappa shape index (κ1) is 13.1. The second-order valence-corrected chi connectivity index (χ2v) is 5.99. The smallest absolute Gasteiger partial charge is 0.286 e. The summed E-state index contributed by atoms with van der Waals surface area (Å²) >= 11 is 3.45. The van der Waals surface area contributed by atoms with Crippen LogP contribution in [0, 0.1) is 11.3 Å². The standard InChI is InChI=1S/C16H14BrN3/c17-11-7-5-10(6-8-11)15-12-3-1-2-4-14(12)20-16(19)13(15)9-18/h5-8H,1-4H2,(H2,19,20)/p+1. The molecule has 100 valence electrons. The van der Waals surface area contributed by atoms with E-state index >= 15 is 0 Å². The molecule has 1 aliphatic carbocycles. The minimum absolute atomic E-state index is 0.478. The Labute approximate surface area is 126 Å². The van der Waals surface area contributed by atoms with Crippen molar-refractivity contribution >= 4 is 21.7 Å². The molecule has 3 nitrogen and oxygen atoms in total. The molecule has 4 heteroatoms. The lowest BCUT2D eigenvalue weighted by atomic mass is 9.87. The van der Waals surface area contributed by atoms with Gasteiger partial charge >= 0.3 is 0 Å². The molecule has 3 rings (SSSR count). The van der Waals surface area contributed by atoms with Gasteiger partial charge in [-0.1, -0.05) is 28.1 Å². The van der Waals surface area contributed by atoms with Gasteiger partial charge in [-0.25, -0.2) is 4.98 Å². The van der Waals surface area contributed by atoms with Gasteiger partial charge in [-0.2, -0.15) is 5.26 Å². The molecule has 1 aromatic heterocycles. The molecule has 1 aliphatic rings. The third kappa shape index (κ3) is 2.19. The van der Waals surface area contributed by atoms with Gasteiger partial charge in [0.1, 0.15) is 17.3 Å². The predicted octanol–water partition coefficient (Wildman–Crippen LogP) is 3.26. The Bertz CT molecular complexity index is 699. The van der Waals surface area contributed by atoms with Crippen molar-refractivity contribution in [1.82, 2.24) is 0 Å². The number of aryl methyl sites for hydroxylation is 1. The number of pyridine rings is 1. The summed E-state index contributed by atoms with van der Waals surface area (Å²) in [6, 6.07) is 10.3. The van der Waals surface area contributed by atoms with Gasteiger partial charge in [0.05, 0.1) is 0 Å². The number of nitriles is 1. The molecule has 0 spiro atoms. The van der Waals surface area contributed by atoms with Crippen molar-refractivity contribution in [3.63, 3.8) is 0 Å². The molecule has 0 bridgehead atoms. The van der Waals surface area contributed by atoms with Crippen molar-refractivity contribution in [2.24, 2.45) is 0 Å². The molecule has 3 N–H and O–H groups in total. The second-order valence-electron chi connectivity index (χ2n) is 5.07. The summed E-state index contributed by atoms with van der Waals surface area (Å²) < 4.78 is 1.03. The molecule has 0 atom stereocenters. The normalized spacial score (nSPS) is 13.6. The van der Waals surface area contributed by atoms with Crippen molar-refractivity contribution < 1.29 is 4.98 Å². The van der Waals surface area contributed by atoms with E-state index in [-0.39, 0.29) is 0 Å². The summed E-state index contributed by atoms with van der Waals surface area (Å²) in [7, 11) is 0. The van der Waals surface area contributed by atoms with E-state index in [9.17, 15) is 5.26 Å². The predicted molar refractivity (Wildman–Crippen MR) is 81.9 cm³/mol. The van der Waals surface area contributed by atoms with Crippen LogP contribution in [0.4, 0.5) is 5.82 Å². The molecule has 0 aliphatic heterocycles. The van der Waals surface area contributed by atoms with Crippen molar-refractivity contribution in [3.8, 4) is 17.2 Å². The van der Waals surface area contributed by atoms with Crippen LogP contribution in [-0.2, 0) is 12.8 Å². The number of nitrogen functional groups attached to an aromatic ring is 1. The Hall–Kier alpha value is -1.86. The summed E-state index contributed by atoms with van der Waals surface area (Å²) in [6.45, 7) is 0. The van der Waals surface area contributed by atoms with Crippen LogP contribution in [0.5, 0.6) is 0 Å². The molecule has 1 heterocycles. The molecule has 0 fully saturated rings. The van der Waals surface area contributed by atoms with Gasteiger partial charge in [0.2, 0.25) is 0 Å². The van der Waals surface area contributed by atoms with Gasteiger partial charge in [0, 0.05) is 22.0 Å². The number of aromatic nitrogens is 1. The lowest BCUT2D eigenvalue weighted by Gasteiger charge is -2.18. The second kappa shape index (κ2) is 5.26. The molecule has 0 radical (unpaired) electrons.